The van der Waals surface area contributed by atoms with Crippen molar-refractivity contribution in [1.29, 1.82) is 0 Å². The molecule has 2 nitrogen and oxygen atoms in total. The first-order valence-corrected chi connectivity index (χ1v) is 10.1. The number of anilines is 1. The van der Waals surface area contributed by atoms with Crippen LogP contribution >= 0.6 is 0 Å². The zero-order valence-corrected chi connectivity index (χ0v) is 17.7. The van der Waals surface area contributed by atoms with Gasteiger partial charge < -0.3 is 4.90 Å². The van der Waals surface area contributed by atoms with E-state index in [1.165, 1.54) is 38.8 Å². The van der Waals surface area contributed by atoms with Crippen LogP contribution in [0.4, 0.5) is 5.82 Å². The Bertz CT molecular complexity index is 398. The SMILES string of the molecule is C=Cc1ccnc(N2CC(CCC)(CCC)C2)c1.CC.CC.CC. The second kappa shape index (κ2) is 15.2. The Labute approximate surface area is 152 Å². The van der Waals surface area contributed by atoms with Gasteiger partial charge >= 0.3 is 0 Å². The van der Waals surface area contributed by atoms with Crippen molar-refractivity contribution in [3.63, 3.8) is 0 Å². The molecule has 0 bridgehead atoms. The molecule has 0 aromatic carbocycles. The fourth-order valence-electron chi connectivity index (χ4n) is 3.16. The summed E-state index contributed by atoms with van der Waals surface area (Å²) in [5.74, 6) is 1.11. The van der Waals surface area contributed by atoms with Gasteiger partial charge in [0.25, 0.3) is 0 Å². The first kappa shape index (κ1) is 24.9. The van der Waals surface area contributed by atoms with Crippen molar-refractivity contribution in [2.45, 2.75) is 81.1 Å². The number of aromatic nitrogens is 1. The molecule has 24 heavy (non-hydrogen) atoms. The summed E-state index contributed by atoms with van der Waals surface area (Å²) in [5, 5.41) is 0. The lowest BCUT2D eigenvalue weighted by Gasteiger charge is -2.51. The van der Waals surface area contributed by atoms with Crippen LogP contribution in [0, 0.1) is 5.41 Å². The van der Waals surface area contributed by atoms with Crippen LogP contribution < -0.4 is 4.90 Å². The van der Waals surface area contributed by atoms with E-state index in [1.807, 2.05) is 59.9 Å². The van der Waals surface area contributed by atoms with E-state index in [1.54, 1.807) is 0 Å². The van der Waals surface area contributed by atoms with Crippen LogP contribution in [-0.2, 0) is 0 Å². The standard InChI is InChI=1S/C16H24N2.3C2H6/c1-4-8-16(9-5-2)12-18(13-16)15-11-14(6-3)7-10-17-15;3*1-2/h6-7,10-11H,3-5,8-9,12-13H2,1-2H3;3*1-2H3. The van der Waals surface area contributed by atoms with Gasteiger partial charge in [0.2, 0.25) is 0 Å². The molecule has 1 saturated heterocycles. The number of pyridine rings is 1. The Kier molecular flexibility index (Phi) is 15.8. The molecular weight excluding hydrogens is 292 g/mol. The Balaban J connectivity index is 0. The highest BCUT2D eigenvalue weighted by Gasteiger charge is 2.41. The van der Waals surface area contributed by atoms with Crippen LogP contribution in [0.15, 0.2) is 24.9 Å². The van der Waals surface area contributed by atoms with Crippen molar-refractivity contribution >= 4 is 11.9 Å². The van der Waals surface area contributed by atoms with E-state index < -0.39 is 0 Å². The summed E-state index contributed by atoms with van der Waals surface area (Å²) in [4.78, 5) is 6.87. The van der Waals surface area contributed by atoms with Crippen molar-refractivity contribution in [2.24, 2.45) is 5.41 Å². The van der Waals surface area contributed by atoms with Crippen molar-refractivity contribution in [3.8, 4) is 0 Å². The Morgan fingerprint density at radius 2 is 1.54 bits per heavy atom. The average Bonchev–Trinajstić information content (AvgIpc) is 2.64. The van der Waals surface area contributed by atoms with Crippen LogP contribution in [-0.4, -0.2) is 18.1 Å². The van der Waals surface area contributed by atoms with E-state index in [-0.39, 0.29) is 0 Å². The molecule has 0 N–H and O–H groups in total. The smallest absolute Gasteiger partial charge is 0.129 e. The summed E-state index contributed by atoms with van der Waals surface area (Å²) in [6.07, 6.45) is 9.03. The van der Waals surface area contributed by atoms with Crippen LogP contribution in [0.3, 0.4) is 0 Å². The predicted octanol–water partition coefficient (Wildman–Crippen LogP) is 7.21. The summed E-state index contributed by atoms with van der Waals surface area (Å²) in [5.41, 5.74) is 1.71. The lowest BCUT2D eigenvalue weighted by Crippen LogP contribution is -2.56. The van der Waals surface area contributed by atoms with Gasteiger partial charge in [-0.15, -0.1) is 0 Å². The first-order valence-electron chi connectivity index (χ1n) is 10.1. The zero-order chi connectivity index (χ0) is 19.0. The molecule has 1 aliphatic rings. The van der Waals surface area contributed by atoms with Gasteiger partial charge in [0.05, 0.1) is 0 Å². The molecule has 0 radical (unpaired) electrons. The monoisotopic (exact) mass is 334 g/mol. The summed E-state index contributed by atoms with van der Waals surface area (Å²) in [6.45, 7) is 22.7. The summed E-state index contributed by atoms with van der Waals surface area (Å²) < 4.78 is 0. The number of nitrogens with zero attached hydrogens (tertiary/aromatic N) is 2. The quantitative estimate of drug-likeness (QED) is 0.546. The largest absolute Gasteiger partial charge is 0.355 e. The van der Waals surface area contributed by atoms with Gasteiger partial charge in [-0.25, -0.2) is 4.98 Å². The number of hydrogen-bond donors (Lipinski definition) is 0. The second-order valence-electron chi connectivity index (χ2n) is 5.51. The lowest BCUT2D eigenvalue weighted by molar-refractivity contribution is 0.172. The summed E-state index contributed by atoms with van der Waals surface area (Å²) >= 11 is 0. The predicted molar refractivity (Wildman–Crippen MR) is 113 cm³/mol. The molecule has 0 unspecified atom stereocenters. The molecule has 140 valence electrons. The van der Waals surface area contributed by atoms with Crippen LogP contribution in [0.25, 0.3) is 6.08 Å². The minimum Gasteiger partial charge on any atom is -0.355 e. The molecule has 1 aromatic rings. The van der Waals surface area contributed by atoms with Crippen molar-refractivity contribution < 1.29 is 0 Å². The molecule has 0 spiro atoms. The number of rotatable bonds is 6. The molecule has 2 rings (SSSR count). The molecule has 0 amide bonds. The van der Waals surface area contributed by atoms with Gasteiger partial charge in [-0.1, -0.05) is 80.9 Å². The third kappa shape index (κ3) is 7.51. The molecule has 1 aliphatic heterocycles. The van der Waals surface area contributed by atoms with Gasteiger partial charge in [-0.3, -0.25) is 0 Å². The number of hydrogen-bond acceptors (Lipinski definition) is 2. The highest BCUT2D eigenvalue weighted by Crippen LogP contribution is 2.41. The molecule has 2 heterocycles. The van der Waals surface area contributed by atoms with Crippen LogP contribution in [0.2, 0.25) is 0 Å². The van der Waals surface area contributed by atoms with Crippen LogP contribution in [0.1, 0.15) is 86.6 Å². The molecule has 0 saturated carbocycles. The molecule has 2 heteroatoms. The first-order chi connectivity index (χ1) is 11.7. The minimum atomic E-state index is 0.551. The fourth-order valence-corrected chi connectivity index (χ4v) is 3.16. The van der Waals surface area contributed by atoms with Gasteiger partial charge in [-0.2, -0.15) is 0 Å². The van der Waals surface area contributed by atoms with E-state index in [4.69, 9.17) is 0 Å². The Morgan fingerprint density at radius 3 is 1.96 bits per heavy atom. The molecule has 1 fully saturated rings. The second-order valence-corrected chi connectivity index (χ2v) is 5.51. The third-order valence-electron chi connectivity index (χ3n) is 3.94. The van der Waals surface area contributed by atoms with E-state index in [0.717, 1.165) is 11.4 Å². The molecule has 0 aliphatic carbocycles. The highest BCUT2D eigenvalue weighted by atomic mass is 15.3. The summed E-state index contributed by atoms with van der Waals surface area (Å²) in [6, 6.07) is 4.14. The van der Waals surface area contributed by atoms with Gasteiger partial charge in [-0.05, 0) is 30.5 Å². The fraction of sp³-hybridized carbons (Fsp3) is 0.682. The maximum atomic E-state index is 4.47. The van der Waals surface area contributed by atoms with E-state index in [9.17, 15) is 0 Å². The maximum absolute atomic E-state index is 4.47. The van der Waals surface area contributed by atoms with Gasteiger partial charge in [0.15, 0.2) is 0 Å². The molecule has 0 atom stereocenters. The van der Waals surface area contributed by atoms with Crippen molar-refractivity contribution in [3.05, 3.63) is 30.5 Å². The highest BCUT2D eigenvalue weighted by molar-refractivity contribution is 5.54. The molecular formula is C22H42N2. The normalized spacial score (nSPS) is 13.8. The van der Waals surface area contributed by atoms with E-state index in [0.29, 0.717) is 5.41 Å². The Morgan fingerprint density at radius 1 is 1.04 bits per heavy atom. The van der Waals surface area contributed by atoms with E-state index >= 15 is 0 Å². The van der Waals surface area contributed by atoms with Gasteiger partial charge in [0.1, 0.15) is 5.82 Å². The zero-order valence-electron chi connectivity index (χ0n) is 17.7. The maximum Gasteiger partial charge on any atom is 0.129 e. The lowest BCUT2D eigenvalue weighted by atomic mass is 9.72. The topological polar surface area (TPSA) is 16.1 Å². The van der Waals surface area contributed by atoms with E-state index in [2.05, 4.69) is 36.4 Å². The molecule has 1 aromatic heterocycles. The average molecular weight is 335 g/mol. The van der Waals surface area contributed by atoms with Crippen LogP contribution in [0.5, 0.6) is 0 Å². The van der Waals surface area contributed by atoms with Crippen molar-refractivity contribution in [2.75, 3.05) is 18.0 Å². The Hall–Kier alpha value is -1.31. The van der Waals surface area contributed by atoms with Gasteiger partial charge in [0, 0.05) is 24.7 Å². The summed E-state index contributed by atoms with van der Waals surface area (Å²) in [7, 11) is 0. The van der Waals surface area contributed by atoms with Crippen molar-refractivity contribution in [1.82, 2.24) is 4.98 Å². The minimum absolute atomic E-state index is 0.551. The third-order valence-corrected chi connectivity index (χ3v) is 3.94.